The van der Waals surface area contributed by atoms with E-state index in [0.29, 0.717) is 144 Å². The summed E-state index contributed by atoms with van der Waals surface area (Å²) in [6.07, 6.45) is 14.7. The van der Waals surface area contributed by atoms with Crippen LogP contribution < -0.4 is 20.1 Å². The van der Waals surface area contributed by atoms with Gasteiger partial charge in [0.15, 0.2) is 12.6 Å². The number of ketones is 3. The van der Waals surface area contributed by atoms with Gasteiger partial charge in [0.1, 0.15) is 46.6 Å². The largest absolute Gasteiger partial charge is 0.497 e. The highest BCUT2D eigenvalue weighted by molar-refractivity contribution is 5.87. The van der Waals surface area contributed by atoms with Crippen LogP contribution in [0, 0.1) is 35.5 Å². The van der Waals surface area contributed by atoms with Gasteiger partial charge in [-0.1, -0.05) is 142 Å². The minimum absolute atomic E-state index is 0.0319. The van der Waals surface area contributed by atoms with Crippen LogP contribution in [0.25, 0.3) is 0 Å². The smallest absolute Gasteiger partial charge is 0.306 e. The fraction of sp³-hybridized carbons (Fsp3) is 0.691. The Kier molecular flexibility index (Phi) is 36.1. The molecule has 0 radical (unpaired) electrons. The van der Waals surface area contributed by atoms with Crippen molar-refractivity contribution in [3.05, 3.63) is 95.6 Å². The number of nitrogens with one attached hydrogen (secondary N) is 2. The number of carbonyl (C=O) groups excluding carboxylic acids is 7. The SMILES string of the molecule is CCC1OC(OCCCCC(=O)CCCCC[C@H](NC(=O)CCCCOC2OC(CC)C(C)C(C)C2C)C(=O)NCCCCCC(=O)CCCCCCC(=O)N2C[C@H](OC(=O)CCC(C)=O)C[C@H]2COC(c2ccccc2)(c2ccc(OC)cc2)c2ccc(OC)cc2)C(C)C(C)C1C. The Morgan fingerprint density at radius 1 is 0.535 bits per heavy atom. The number of esters is 1. The molecule has 3 amide bonds. The van der Waals surface area contributed by atoms with E-state index in [0.717, 1.165) is 74.5 Å². The van der Waals surface area contributed by atoms with Crippen LogP contribution in [0.15, 0.2) is 78.9 Å². The summed E-state index contributed by atoms with van der Waals surface area (Å²) in [6, 6.07) is 24.3. The van der Waals surface area contributed by atoms with Crippen LogP contribution in [0.3, 0.4) is 0 Å². The average Bonchev–Trinajstić information content (AvgIpc) is 1.31. The van der Waals surface area contributed by atoms with Crippen molar-refractivity contribution in [3.63, 3.8) is 0 Å². The molecule has 0 aliphatic carbocycles. The molecule has 552 valence electrons. The van der Waals surface area contributed by atoms with Crippen LogP contribution in [-0.2, 0) is 67.6 Å². The molecule has 3 aliphatic heterocycles. The van der Waals surface area contributed by atoms with Gasteiger partial charge in [0.05, 0.1) is 52.0 Å². The summed E-state index contributed by atoms with van der Waals surface area (Å²) >= 11 is 0. The van der Waals surface area contributed by atoms with E-state index < -0.39 is 29.8 Å². The third-order valence-corrected chi connectivity index (χ3v) is 21.5. The van der Waals surface area contributed by atoms with Crippen molar-refractivity contribution < 1.29 is 71.5 Å². The third-order valence-electron chi connectivity index (χ3n) is 21.5. The van der Waals surface area contributed by atoms with E-state index in [9.17, 15) is 33.6 Å². The van der Waals surface area contributed by atoms with Crippen molar-refractivity contribution in [2.24, 2.45) is 35.5 Å². The summed E-state index contributed by atoms with van der Waals surface area (Å²) in [5.74, 6) is 3.31. The molecule has 2 N–H and O–H groups in total. The molecule has 6 rings (SSSR count). The summed E-state index contributed by atoms with van der Waals surface area (Å²) in [4.78, 5) is 93.8. The summed E-state index contributed by atoms with van der Waals surface area (Å²) in [5.41, 5.74) is 1.44. The fourth-order valence-corrected chi connectivity index (χ4v) is 14.4. The lowest BCUT2D eigenvalue weighted by Gasteiger charge is -2.43. The molecule has 13 atom stereocenters. The summed E-state index contributed by atoms with van der Waals surface area (Å²) in [7, 11) is 3.24. The number of hydrogen-bond acceptors (Lipinski definition) is 15. The molecule has 3 fully saturated rings. The first kappa shape index (κ1) is 81.9. The number of carbonyl (C=O) groups is 7. The van der Waals surface area contributed by atoms with Gasteiger partial charge in [-0.2, -0.15) is 0 Å². The van der Waals surface area contributed by atoms with Gasteiger partial charge in [0, 0.05) is 83.0 Å². The van der Waals surface area contributed by atoms with Gasteiger partial charge in [-0.15, -0.1) is 0 Å². The molecule has 3 saturated heterocycles. The van der Waals surface area contributed by atoms with E-state index in [1.807, 2.05) is 78.9 Å². The molecule has 3 heterocycles. The van der Waals surface area contributed by atoms with Crippen molar-refractivity contribution in [1.29, 1.82) is 0 Å². The molecule has 18 heteroatoms. The number of likely N-dealkylation sites (tertiary alicyclic amines) is 1. The van der Waals surface area contributed by atoms with E-state index in [1.165, 1.54) is 6.92 Å². The van der Waals surface area contributed by atoms with Gasteiger partial charge in [-0.3, -0.25) is 28.8 Å². The second-order valence-corrected chi connectivity index (χ2v) is 28.6. The minimum Gasteiger partial charge on any atom is -0.497 e. The monoisotopic (exact) mass is 1380 g/mol. The Bertz CT molecular complexity index is 2840. The number of amides is 3. The molecule has 99 heavy (non-hydrogen) atoms. The highest BCUT2D eigenvalue weighted by Crippen LogP contribution is 2.43. The maximum Gasteiger partial charge on any atom is 0.306 e. The van der Waals surface area contributed by atoms with Crippen LogP contribution >= 0.6 is 0 Å². The third kappa shape index (κ3) is 26.1. The van der Waals surface area contributed by atoms with Crippen LogP contribution in [0.2, 0.25) is 0 Å². The van der Waals surface area contributed by atoms with Crippen LogP contribution in [0.1, 0.15) is 246 Å². The Morgan fingerprint density at radius 2 is 1.01 bits per heavy atom. The fourth-order valence-electron chi connectivity index (χ4n) is 14.4. The molecule has 3 aliphatic rings. The number of nitrogens with zero attached hydrogens (tertiary/aromatic N) is 1. The molecule has 0 bridgehead atoms. The molecule has 0 spiro atoms. The lowest BCUT2D eigenvalue weighted by molar-refractivity contribution is -0.248. The maximum absolute atomic E-state index is 14.3. The zero-order valence-electron chi connectivity index (χ0n) is 62.0. The number of unbranched alkanes of at least 4 members (excludes halogenated alkanes) is 9. The summed E-state index contributed by atoms with van der Waals surface area (Å²) in [6.45, 7) is 21.0. The molecular formula is C81H123N3O15. The Hall–Kier alpha value is -6.05. The number of methoxy groups -OCH3 is 2. The molecule has 18 nitrogen and oxygen atoms in total. The van der Waals surface area contributed by atoms with Gasteiger partial charge in [-0.25, -0.2) is 0 Å². The summed E-state index contributed by atoms with van der Waals surface area (Å²) in [5, 5.41) is 6.08. The van der Waals surface area contributed by atoms with E-state index in [1.54, 1.807) is 19.1 Å². The topological polar surface area (TPSA) is 221 Å². The second kappa shape index (κ2) is 43.7. The van der Waals surface area contributed by atoms with Crippen molar-refractivity contribution >= 4 is 41.0 Å². The van der Waals surface area contributed by atoms with E-state index in [2.05, 4.69) is 66.0 Å². The number of hydrogen-bond donors (Lipinski definition) is 2. The average molecular weight is 1380 g/mol. The van der Waals surface area contributed by atoms with E-state index in [-0.39, 0.29) is 105 Å². The minimum atomic E-state index is -1.13. The number of rotatable bonds is 47. The Labute approximate surface area is 592 Å². The number of ether oxygens (including phenoxy) is 8. The first-order chi connectivity index (χ1) is 47.7. The lowest BCUT2D eigenvalue weighted by Crippen LogP contribution is -2.47. The predicted molar refractivity (Wildman–Crippen MR) is 385 cm³/mol. The van der Waals surface area contributed by atoms with Crippen molar-refractivity contribution in [3.8, 4) is 11.5 Å². The zero-order valence-corrected chi connectivity index (χ0v) is 62.0. The standard InChI is InChI=1S/C81H123N3O15/c1-12-73-59(6)57(4)61(8)79(98-73)94-51-29-26-36-68(87)34-22-17-24-37-72(83-75(88)38-27-30-52-95-80-62(9)58(5)60(7)74(13-2)99-80)78(91)82-50-28-18-23-35-67(86)33-21-14-15-25-39-76(89)84-54-71(97-77(90)49-40-56(3)85)53-66(84)55-96-81(63-31-19-16-20-32-63,64-41-45-69(92-10)46-42-64)65-43-47-70(93-11)48-44-65/h16,19-20,31-32,41-48,57-62,66,71-74,79-80H,12-15,17-18,21-30,33-40,49-55H2,1-11H3,(H,82,91)(H,83,88)/t57?,58?,59?,60?,61?,62?,66-,71+,72-,73?,74?,79?,80?/m0/s1. The molecule has 3 aromatic rings. The normalized spacial score (nSPS) is 23.4. The molecule has 0 saturated carbocycles. The van der Waals surface area contributed by atoms with Crippen molar-refractivity contribution in [2.45, 2.75) is 278 Å². The second-order valence-electron chi connectivity index (χ2n) is 28.6. The van der Waals surface area contributed by atoms with Gasteiger partial charge in [0.25, 0.3) is 0 Å². The molecular weight excluding hydrogens is 1250 g/mol. The van der Waals surface area contributed by atoms with E-state index >= 15 is 0 Å². The first-order valence-electron chi connectivity index (χ1n) is 37.8. The number of benzene rings is 3. The molecule has 3 aromatic carbocycles. The Balaban J connectivity index is 0.920. The van der Waals surface area contributed by atoms with Gasteiger partial charge in [0.2, 0.25) is 17.7 Å². The lowest BCUT2D eigenvalue weighted by atomic mass is 9.78. The van der Waals surface area contributed by atoms with Crippen LogP contribution in [-0.4, -0.2) is 136 Å². The maximum atomic E-state index is 14.3. The highest BCUT2D eigenvalue weighted by Gasteiger charge is 2.44. The zero-order chi connectivity index (χ0) is 71.7. The highest BCUT2D eigenvalue weighted by atomic mass is 16.7. The molecule has 10 unspecified atom stereocenters. The Morgan fingerprint density at radius 3 is 1.52 bits per heavy atom. The quantitative estimate of drug-likeness (QED) is 0.0305. The van der Waals surface area contributed by atoms with E-state index in [4.69, 9.17) is 37.9 Å². The van der Waals surface area contributed by atoms with Crippen LogP contribution in [0.5, 0.6) is 11.5 Å². The first-order valence-corrected chi connectivity index (χ1v) is 37.8. The summed E-state index contributed by atoms with van der Waals surface area (Å²) < 4.78 is 49.2. The molecule has 0 aromatic heterocycles. The van der Waals surface area contributed by atoms with Gasteiger partial charge < -0.3 is 58.2 Å². The number of Topliss-reactive ketones (excluding diaryl/α,β-unsaturated/α-hetero) is 3. The van der Waals surface area contributed by atoms with Crippen molar-refractivity contribution in [1.82, 2.24) is 15.5 Å². The van der Waals surface area contributed by atoms with Crippen molar-refractivity contribution in [2.75, 3.05) is 47.1 Å². The van der Waals surface area contributed by atoms with Gasteiger partial charge >= 0.3 is 5.97 Å². The van der Waals surface area contributed by atoms with Gasteiger partial charge in [-0.05, 0) is 149 Å². The predicted octanol–water partition coefficient (Wildman–Crippen LogP) is 14.9. The van der Waals surface area contributed by atoms with Crippen LogP contribution in [0.4, 0.5) is 0 Å².